The molecule has 0 heterocycles. The zero-order valence-corrected chi connectivity index (χ0v) is 13.0. The fourth-order valence-corrected chi connectivity index (χ4v) is 2.24. The highest BCUT2D eigenvalue weighted by Gasteiger charge is 2.08. The van der Waals surface area contributed by atoms with Crippen molar-refractivity contribution in [1.82, 2.24) is 0 Å². The topological polar surface area (TPSA) is 41.1 Å². The van der Waals surface area contributed by atoms with E-state index >= 15 is 0 Å². The number of benzene rings is 2. The van der Waals surface area contributed by atoms with Gasteiger partial charge in [-0.25, -0.2) is 0 Å². The summed E-state index contributed by atoms with van der Waals surface area (Å²) in [5.74, 6) is 0.407. The second-order valence-electron chi connectivity index (χ2n) is 5.51. The van der Waals surface area contributed by atoms with Crippen LogP contribution in [0.4, 0.5) is 11.4 Å². The number of carbonyl (C=O) groups is 1. The van der Waals surface area contributed by atoms with E-state index in [0.717, 1.165) is 16.9 Å². The molecular formula is C18H22N2O. The summed E-state index contributed by atoms with van der Waals surface area (Å²) in [5, 5.41) is 6.03. The Morgan fingerprint density at radius 2 is 1.71 bits per heavy atom. The predicted molar refractivity (Wildman–Crippen MR) is 89.2 cm³/mol. The van der Waals surface area contributed by atoms with Crippen LogP contribution in [0.1, 0.15) is 41.3 Å². The summed E-state index contributed by atoms with van der Waals surface area (Å²) in [6, 6.07) is 13.6. The third-order valence-corrected chi connectivity index (χ3v) is 3.59. The monoisotopic (exact) mass is 282 g/mol. The van der Waals surface area contributed by atoms with Crippen LogP contribution in [0.2, 0.25) is 0 Å². The van der Waals surface area contributed by atoms with E-state index < -0.39 is 0 Å². The van der Waals surface area contributed by atoms with Crippen LogP contribution < -0.4 is 10.6 Å². The Labute approximate surface area is 126 Å². The maximum Gasteiger partial charge on any atom is 0.255 e. The van der Waals surface area contributed by atoms with Crippen molar-refractivity contribution < 1.29 is 4.79 Å². The van der Waals surface area contributed by atoms with E-state index in [1.807, 2.05) is 44.3 Å². The average molecular weight is 282 g/mol. The van der Waals surface area contributed by atoms with Crippen LogP contribution in [0.25, 0.3) is 0 Å². The maximum atomic E-state index is 12.3. The molecule has 0 saturated carbocycles. The number of anilines is 2. The Balaban J connectivity index is 2.12. The lowest BCUT2D eigenvalue weighted by molar-refractivity contribution is 0.102. The fraction of sp³-hybridized carbons (Fsp3) is 0.278. The van der Waals surface area contributed by atoms with Crippen LogP contribution >= 0.6 is 0 Å². The highest BCUT2D eigenvalue weighted by atomic mass is 16.1. The molecule has 3 nitrogen and oxygen atoms in total. The van der Waals surface area contributed by atoms with E-state index in [2.05, 4.69) is 36.6 Å². The number of hydrogen-bond acceptors (Lipinski definition) is 2. The van der Waals surface area contributed by atoms with E-state index in [-0.39, 0.29) is 5.91 Å². The van der Waals surface area contributed by atoms with Gasteiger partial charge < -0.3 is 10.6 Å². The first-order valence-electron chi connectivity index (χ1n) is 7.21. The molecule has 2 aromatic rings. The van der Waals surface area contributed by atoms with Crippen molar-refractivity contribution in [2.75, 3.05) is 17.7 Å². The Bertz CT molecular complexity index is 630. The van der Waals surface area contributed by atoms with Crippen LogP contribution in [0.5, 0.6) is 0 Å². The van der Waals surface area contributed by atoms with Crippen molar-refractivity contribution in [1.29, 1.82) is 0 Å². The summed E-state index contributed by atoms with van der Waals surface area (Å²) < 4.78 is 0. The van der Waals surface area contributed by atoms with Crippen LogP contribution in [0.15, 0.2) is 42.5 Å². The first-order chi connectivity index (χ1) is 10.0. The normalized spacial score (nSPS) is 10.5. The van der Waals surface area contributed by atoms with Crippen LogP contribution in [0, 0.1) is 6.92 Å². The van der Waals surface area contributed by atoms with E-state index in [9.17, 15) is 4.79 Å². The van der Waals surface area contributed by atoms with Crippen molar-refractivity contribution in [2.45, 2.75) is 26.7 Å². The molecule has 0 bridgehead atoms. The molecule has 0 aromatic heterocycles. The second-order valence-corrected chi connectivity index (χ2v) is 5.51. The van der Waals surface area contributed by atoms with Crippen molar-refractivity contribution >= 4 is 17.3 Å². The van der Waals surface area contributed by atoms with Crippen molar-refractivity contribution in [3.63, 3.8) is 0 Å². The van der Waals surface area contributed by atoms with Gasteiger partial charge in [-0.15, -0.1) is 0 Å². The van der Waals surface area contributed by atoms with E-state index in [1.54, 1.807) is 0 Å². The number of aryl methyl sites for hydroxylation is 1. The molecule has 0 aliphatic carbocycles. The molecule has 0 radical (unpaired) electrons. The number of amides is 1. The second kappa shape index (κ2) is 6.44. The molecule has 0 fully saturated rings. The summed E-state index contributed by atoms with van der Waals surface area (Å²) in [4.78, 5) is 12.3. The predicted octanol–water partition coefficient (Wildman–Crippen LogP) is 4.41. The lowest BCUT2D eigenvalue weighted by Gasteiger charge is -2.10. The van der Waals surface area contributed by atoms with Gasteiger partial charge in [0.15, 0.2) is 0 Å². The first-order valence-corrected chi connectivity index (χ1v) is 7.21. The molecule has 3 heteroatoms. The zero-order chi connectivity index (χ0) is 15.4. The number of rotatable bonds is 4. The minimum Gasteiger partial charge on any atom is -0.388 e. The van der Waals surface area contributed by atoms with E-state index in [4.69, 9.17) is 0 Å². The Morgan fingerprint density at radius 1 is 1.05 bits per heavy atom. The van der Waals surface area contributed by atoms with Crippen molar-refractivity contribution in [2.24, 2.45) is 0 Å². The maximum absolute atomic E-state index is 12.3. The molecule has 2 rings (SSSR count). The van der Waals surface area contributed by atoms with E-state index in [1.165, 1.54) is 5.56 Å². The van der Waals surface area contributed by atoms with Gasteiger partial charge in [0.2, 0.25) is 0 Å². The first kappa shape index (κ1) is 15.1. The summed E-state index contributed by atoms with van der Waals surface area (Å²) in [5.41, 5.74) is 4.84. The largest absolute Gasteiger partial charge is 0.388 e. The summed E-state index contributed by atoms with van der Waals surface area (Å²) in [6.07, 6.45) is 0. The number of nitrogens with one attached hydrogen (secondary N) is 2. The van der Waals surface area contributed by atoms with Gasteiger partial charge >= 0.3 is 0 Å². The highest BCUT2D eigenvalue weighted by Crippen LogP contribution is 2.19. The fourth-order valence-electron chi connectivity index (χ4n) is 2.24. The molecule has 21 heavy (non-hydrogen) atoms. The molecule has 0 saturated heterocycles. The quantitative estimate of drug-likeness (QED) is 0.872. The third kappa shape index (κ3) is 3.63. The summed E-state index contributed by atoms with van der Waals surface area (Å²) in [7, 11) is 1.87. The Hall–Kier alpha value is -2.29. The average Bonchev–Trinajstić information content (AvgIpc) is 2.47. The van der Waals surface area contributed by atoms with Gasteiger partial charge in [0.05, 0.1) is 0 Å². The molecule has 0 aliphatic rings. The molecular weight excluding hydrogens is 260 g/mol. The molecule has 0 atom stereocenters. The van der Waals surface area contributed by atoms with Gasteiger partial charge in [-0.2, -0.15) is 0 Å². The Morgan fingerprint density at radius 3 is 2.24 bits per heavy atom. The number of hydrogen-bond donors (Lipinski definition) is 2. The van der Waals surface area contributed by atoms with Crippen molar-refractivity contribution in [3.8, 4) is 0 Å². The number of carbonyl (C=O) groups excluding carboxylic acids is 1. The van der Waals surface area contributed by atoms with Crippen LogP contribution in [-0.4, -0.2) is 13.0 Å². The van der Waals surface area contributed by atoms with Gasteiger partial charge in [-0.05, 0) is 54.3 Å². The third-order valence-electron chi connectivity index (χ3n) is 3.59. The standard InChI is InChI=1S/C18H22N2O/c1-12(2)14-5-8-16(9-6-14)20-18(21)15-7-10-17(19-4)13(3)11-15/h5-12,19H,1-4H3,(H,20,21). The van der Waals surface area contributed by atoms with Crippen LogP contribution in [-0.2, 0) is 0 Å². The van der Waals surface area contributed by atoms with E-state index in [0.29, 0.717) is 11.5 Å². The summed E-state index contributed by atoms with van der Waals surface area (Å²) in [6.45, 7) is 6.29. The molecule has 2 N–H and O–H groups in total. The lowest BCUT2D eigenvalue weighted by Crippen LogP contribution is -2.12. The minimum atomic E-state index is -0.0851. The smallest absolute Gasteiger partial charge is 0.255 e. The molecule has 110 valence electrons. The highest BCUT2D eigenvalue weighted by molar-refractivity contribution is 6.04. The van der Waals surface area contributed by atoms with Gasteiger partial charge in [-0.3, -0.25) is 4.79 Å². The zero-order valence-electron chi connectivity index (χ0n) is 13.0. The molecule has 0 aliphatic heterocycles. The summed E-state index contributed by atoms with van der Waals surface area (Å²) >= 11 is 0. The lowest BCUT2D eigenvalue weighted by atomic mass is 10.0. The van der Waals surface area contributed by atoms with Gasteiger partial charge in [0.25, 0.3) is 5.91 Å². The molecule has 1 amide bonds. The minimum absolute atomic E-state index is 0.0851. The van der Waals surface area contributed by atoms with Crippen molar-refractivity contribution in [3.05, 3.63) is 59.2 Å². The SMILES string of the molecule is CNc1ccc(C(=O)Nc2ccc(C(C)C)cc2)cc1C. The van der Waals surface area contributed by atoms with Crippen LogP contribution in [0.3, 0.4) is 0 Å². The van der Waals surface area contributed by atoms with Gasteiger partial charge in [-0.1, -0.05) is 26.0 Å². The molecule has 0 unspecified atom stereocenters. The molecule has 0 spiro atoms. The van der Waals surface area contributed by atoms with Gasteiger partial charge in [0, 0.05) is 24.0 Å². The molecule has 2 aromatic carbocycles. The Kier molecular flexibility index (Phi) is 4.63. The van der Waals surface area contributed by atoms with Gasteiger partial charge in [0.1, 0.15) is 0 Å².